The van der Waals surface area contributed by atoms with E-state index in [4.69, 9.17) is 15.0 Å². The normalized spacial score (nSPS) is 30.9. The van der Waals surface area contributed by atoms with Crippen LogP contribution < -0.4 is 5.73 Å². The summed E-state index contributed by atoms with van der Waals surface area (Å²) in [7, 11) is -0.197. The fourth-order valence-electron chi connectivity index (χ4n) is 2.09. The van der Waals surface area contributed by atoms with Crippen LogP contribution >= 0.6 is 0 Å². The Morgan fingerprint density at radius 2 is 1.50 bits per heavy atom. The molecule has 0 aliphatic carbocycles. The second kappa shape index (κ2) is 3.98. The van der Waals surface area contributed by atoms with Gasteiger partial charge in [0.25, 0.3) is 0 Å². The molecule has 2 saturated heterocycles. The molecular formula is C11H23BN2O2. The third-order valence-corrected chi connectivity index (χ3v) is 4.11. The molecular weight excluding hydrogens is 203 g/mol. The van der Waals surface area contributed by atoms with Gasteiger partial charge in [-0.15, -0.1) is 0 Å². The number of nitrogens with zero attached hydrogens (tertiary/aromatic N) is 1. The molecule has 0 bridgehead atoms. The first kappa shape index (κ1) is 12.4. The molecule has 4 nitrogen and oxygen atoms in total. The number of rotatable bonds is 1. The summed E-state index contributed by atoms with van der Waals surface area (Å²) in [6, 6.07) is 0.346. The fourth-order valence-corrected chi connectivity index (χ4v) is 2.09. The van der Waals surface area contributed by atoms with Crippen molar-refractivity contribution in [2.24, 2.45) is 5.73 Å². The fraction of sp³-hybridized carbons (Fsp3) is 1.00. The summed E-state index contributed by atoms with van der Waals surface area (Å²) in [5, 5.41) is 0. The molecule has 0 aromatic carbocycles. The first-order chi connectivity index (χ1) is 7.32. The number of piperidine rings is 1. The molecule has 0 radical (unpaired) electrons. The summed E-state index contributed by atoms with van der Waals surface area (Å²) < 4.78 is 12.0. The zero-order valence-corrected chi connectivity index (χ0v) is 10.8. The standard InChI is InChI=1S/C11H23BN2O2/c1-10(2)11(3,4)16-12(15-10)14-7-5-9(13)6-8-14/h9H,5-8,13H2,1-4H3. The van der Waals surface area contributed by atoms with E-state index in [2.05, 4.69) is 32.5 Å². The van der Waals surface area contributed by atoms with E-state index >= 15 is 0 Å². The van der Waals surface area contributed by atoms with Crippen LogP contribution in [0.2, 0.25) is 0 Å². The lowest BCUT2D eigenvalue weighted by molar-refractivity contribution is 0.00578. The quantitative estimate of drug-likeness (QED) is 0.677. The van der Waals surface area contributed by atoms with Crippen molar-refractivity contribution in [2.75, 3.05) is 13.1 Å². The monoisotopic (exact) mass is 226 g/mol. The minimum absolute atomic E-state index is 0.197. The molecule has 2 rings (SSSR count). The van der Waals surface area contributed by atoms with E-state index in [-0.39, 0.29) is 18.5 Å². The number of hydrogen-bond acceptors (Lipinski definition) is 4. The van der Waals surface area contributed by atoms with Gasteiger partial charge in [-0.3, -0.25) is 4.81 Å². The van der Waals surface area contributed by atoms with Crippen molar-refractivity contribution in [3.63, 3.8) is 0 Å². The Balaban J connectivity index is 1.98. The highest BCUT2D eigenvalue weighted by atomic mass is 16.7. The Bertz CT molecular complexity index is 247. The molecule has 0 unspecified atom stereocenters. The van der Waals surface area contributed by atoms with Crippen molar-refractivity contribution in [3.8, 4) is 0 Å². The van der Waals surface area contributed by atoms with Crippen molar-refractivity contribution in [1.29, 1.82) is 0 Å². The minimum Gasteiger partial charge on any atom is -0.389 e. The molecule has 92 valence electrons. The SMILES string of the molecule is CC1(C)OB(N2CCC(N)CC2)OC1(C)C. The first-order valence-electron chi connectivity index (χ1n) is 6.17. The Morgan fingerprint density at radius 1 is 1.06 bits per heavy atom. The van der Waals surface area contributed by atoms with Gasteiger partial charge < -0.3 is 15.0 Å². The van der Waals surface area contributed by atoms with Gasteiger partial charge in [-0.1, -0.05) is 0 Å². The van der Waals surface area contributed by atoms with E-state index in [1.165, 1.54) is 0 Å². The molecule has 16 heavy (non-hydrogen) atoms. The van der Waals surface area contributed by atoms with E-state index in [0.717, 1.165) is 25.9 Å². The lowest BCUT2D eigenvalue weighted by Crippen LogP contribution is -2.49. The Labute approximate surface area is 98.6 Å². The second-order valence-electron chi connectivity index (χ2n) is 5.94. The molecule has 2 aliphatic rings. The van der Waals surface area contributed by atoms with Crippen LogP contribution in [-0.4, -0.2) is 42.4 Å². The van der Waals surface area contributed by atoms with Crippen LogP contribution in [0.3, 0.4) is 0 Å². The largest absolute Gasteiger partial charge is 0.558 e. The van der Waals surface area contributed by atoms with Gasteiger partial charge in [-0.25, -0.2) is 0 Å². The van der Waals surface area contributed by atoms with Gasteiger partial charge in [-0.05, 0) is 53.6 Å². The summed E-state index contributed by atoms with van der Waals surface area (Å²) in [5.41, 5.74) is 5.42. The second-order valence-corrected chi connectivity index (χ2v) is 5.94. The molecule has 0 aromatic rings. The molecule has 2 N–H and O–H groups in total. The maximum Gasteiger partial charge on any atom is 0.558 e. The van der Waals surface area contributed by atoms with Gasteiger partial charge in [0.1, 0.15) is 0 Å². The zero-order chi connectivity index (χ0) is 12.0. The summed E-state index contributed by atoms with van der Waals surface area (Å²) in [6.07, 6.45) is 2.06. The molecule has 2 aliphatic heterocycles. The van der Waals surface area contributed by atoms with Crippen LogP contribution in [-0.2, 0) is 9.31 Å². The van der Waals surface area contributed by atoms with Crippen molar-refractivity contribution >= 4 is 7.25 Å². The maximum absolute atomic E-state index is 6.00. The van der Waals surface area contributed by atoms with Crippen LogP contribution in [0.1, 0.15) is 40.5 Å². The van der Waals surface area contributed by atoms with Crippen LogP contribution in [0.5, 0.6) is 0 Å². The predicted molar refractivity (Wildman–Crippen MR) is 64.9 cm³/mol. The third kappa shape index (κ3) is 2.14. The topological polar surface area (TPSA) is 47.7 Å². The summed E-state index contributed by atoms with van der Waals surface area (Å²) in [6.45, 7) is 10.3. The first-order valence-corrected chi connectivity index (χ1v) is 6.17. The van der Waals surface area contributed by atoms with Gasteiger partial charge in [0, 0.05) is 6.04 Å². The van der Waals surface area contributed by atoms with Crippen molar-refractivity contribution in [3.05, 3.63) is 0 Å². The van der Waals surface area contributed by atoms with E-state index in [0.29, 0.717) is 6.04 Å². The Kier molecular flexibility index (Phi) is 3.08. The Hall–Kier alpha value is -0.0951. The van der Waals surface area contributed by atoms with E-state index < -0.39 is 0 Å². The van der Waals surface area contributed by atoms with Gasteiger partial charge >= 0.3 is 7.25 Å². The van der Waals surface area contributed by atoms with Crippen molar-refractivity contribution in [1.82, 2.24) is 4.81 Å². The molecule has 2 fully saturated rings. The zero-order valence-electron chi connectivity index (χ0n) is 10.8. The third-order valence-electron chi connectivity index (χ3n) is 4.11. The van der Waals surface area contributed by atoms with E-state index in [9.17, 15) is 0 Å². The highest BCUT2D eigenvalue weighted by Gasteiger charge is 2.53. The maximum atomic E-state index is 6.00. The average molecular weight is 226 g/mol. The van der Waals surface area contributed by atoms with Crippen LogP contribution in [0, 0.1) is 0 Å². The molecule has 0 atom stereocenters. The highest BCUT2D eigenvalue weighted by molar-refractivity contribution is 6.42. The molecule has 2 heterocycles. The van der Waals surface area contributed by atoms with Crippen LogP contribution in [0.4, 0.5) is 0 Å². The molecule has 5 heteroatoms. The van der Waals surface area contributed by atoms with Crippen LogP contribution in [0.25, 0.3) is 0 Å². The predicted octanol–water partition coefficient (Wildman–Crippen LogP) is 0.998. The van der Waals surface area contributed by atoms with Gasteiger partial charge in [0.05, 0.1) is 11.2 Å². The summed E-state index contributed by atoms with van der Waals surface area (Å²) >= 11 is 0. The molecule has 0 amide bonds. The van der Waals surface area contributed by atoms with Gasteiger partial charge in [-0.2, -0.15) is 0 Å². The lowest BCUT2D eigenvalue weighted by atomic mass is 9.90. The smallest absolute Gasteiger partial charge is 0.389 e. The average Bonchev–Trinajstić information content (AvgIpc) is 2.37. The molecule has 0 saturated carbocycles. The number of hydrogen-bond donors (Lipinski definition) is 1. The van der Waals surface area contributed by atoms with Gasteiger partial charge in [0.2, 0.25) is 0 Å². The Morgan fingerprint density at radius 3 is 1.94 bits per heavy atom. The van der Waals surface area contributed by atoms with Crippen molar-refractivity contribution < 1.29 is 9.31 Å². The van der Waals surface area contributed by atoms with Crippen molar-refractivity contribution in [2.45, 2.75) is 57.8 Å². The molecule has 0 spiro atoms. The minimum atomic E-state index is -0.239. The summed E-state index contributed by atoms with van der Waals surface area (Å²) in [5.74, 6) is 0. The molecule has 0 aromatic heterocycles. The van der Waals surface area contributed by atoms with E-state index in [1.54, 1.807) is 0 Å². The van der Waals surface area contributed by atoms with E-state index in [1.807, 2.05) is 0 Å². The lowest BCUT2D eigenvalue weighted by Gasteiger charge is -2.32. The van der Waals surface area contributed by atoms with Gasteiger partial charge in [0.15, 0.2) is 0 Å². The highest BCUT2D eigenvalue weighted by Crippen LogP contribution is 2.37. The number of nitrogens with two attached hydrogens (primary N) is 1. The summed E-state index contributed by atoms with van der Waals surface area (Å²) in [4.78, 5) is 2.25. The van der Waals surface area contributed by atoms with Crippen LogP contribution in [0.15, 0.2) is 0 Å².